The molecule has 0 aliphatic carbocycles. The number of carbonyl (C=O) groups excluding carboxylic acids is 1. The van der Waals surface area contributed by atoms with Crippen LogP contribution in [0.4, 0.5) is 0 Å². The molecule has 1 atom stereocenters. The second-order valence-corrected chi connectivity index (χ2v) is 8.07. The van der Waals surface area contributed by atoms with Gasteiger partial charge in [0.2, 0.25) is 11.1 Å². The van der Waals surface area contributed by atoms with Crippen LogP contribution in [0.1, 0.15) is 37.9 Å². The number of carbonyl (C=O) groups is 1. The first kappa shape index (κ1) is 20.1. The molecular weight excluding hydrogens is 370 g/mol. The average molecular weight is 396 g/mol. The number of nitrogens with one attached hydrogen (secondary N) is 1. The summed E-state index contributed by atoms with van der Waals surface area (Å²) in [6.07, 6.45) is 1.06. The fraction of sp³-hybridized carbons (Fsp3) is 0.333. The van der Waals surface area contributed by atoms with Gasteiger partial charge in [0.15, 0.2) is 0 Å². The molecule has 7 heteroatoms. The van der Waals surface area contributed by atoms with Crippen LogP contribution >= 0.6 is 11.8 Å². The molecule has 3 aromatic rings. The van der Waals surface area contributed by atoms with Crippen molar-refractivity contribution in [3.63, 3.8) is 0 Å². The van der Waals surface area contributed by atoms with E-state index < -0.39 is 0 Å². The number of rotatable bonds is 8. The zero-order chi connectivity index (χ0) is 19.9. The van der Waals surface area contributed by atoms with Gasteiger partial charge in [-0.05, 0) is 52.9 Å². The van der Waals surface area contributed by atoms with E-state index in [4.69, 9.17) is 0 Å². The number of hydrogen-bond donors (Lipinski definition) is 1. The van der Waals surface area contributed by atoms with Gasteiger partial charge in [0.1, 0.15) is 0 Å². The molecule has 0 fully saturated rings. The number of para-hydroxylation sites is 1. The van der Waals surface area contributed by atoms with Crippen molar-refractivity contribution in [2.45, 2.75) is 38.4 Å². The average Bonchev–Trinajstić information content (AvgIpc) is 3.16. The van der Waals surface area contributed by atoms with Gasteiger partial charge >= 0.3 is 0 Å². The highest BCUT2D eigenvalue weighted by molar-refractivity contribution is 7.99. The third-order valence-corrected chi connectivity index (χ3v) is 5.19. The van der Waals surface area contributed by atoms with E-state index in [1.54, 1.807) is 4.68 Å². The summed E-state index contributed by atoms with van der Waals surface area (Å²) < 4.78 is 1.63. The zero-order valence-corrected chi connectivity index (χ0v) is 17.2. The highest BCUT2D eigenvalue weighted by atomic mass is 32.2. The number of thioether (sulfide) groups is 1. The quantitative estimate of drug-likeness (QED) is 0.587. The molecule has 1 unspecified atom stereocenters. The smallest absolute Gasteiger partial charge is 0.230 e. The van der Waals surface area contributed by atoms with Crippen molar-refractivity contribution < 1.29 is 4.79 Å². The van der Waals surface area contributed by atoms with E-state index >= 15 is 0 Å². The van der Waals surface area contributed by atoms with Crippen LogP contribution in [0.15, 0.2) is 59.8 Å². The van der Waals surface area contributed by atoms with E-state index in [-0.39, 0.29) is 17.7 Å². The van der Waals surface area contributed by atoms with Gasteiger partial charge in [0, 0.05) is 0 Å². The molecule has 3 rings (SSSR count). The molecule has 0 spiro atoms. The Balaban J connectivity index is 1.54. The second-order valence-electron chi connectivity index (χ2n) is 7.13. The van der Waals surface area contributed by atoms with Crippen molar-refractivity contribution in [1.29, 1.82) is 0 Å². The molecule has 0 radical (unpaired) electrons. The van der Waals surface area contributed by atoms with Crippen LogP contribution in [0, 0.1) is 5.92 Å². The Morgan fingerprint density at radius 2 is 1.79 bits per heavy atom. The van der Waals surface area contributed by atoms with E-state index in [0.717, 1.165) is 17.7 Å². The standard InChI is InChI=1S/C21H25N5OS/c1-15(2)13-17-9-11-18(12-10-17)16(3)22-20(27)14-28-21-23-24-25-26(21)19-7-5-4-6-8-19/h4-12,15-16H,13-14H2,1-3H3,(H,22,27). The lowest BCUT2D eigenvalue weighted by Gasteiger charge is -2.15. The van der Waals surface area contributed by atoms with Crippen molar-refractivity contribution in [1.82, 2.24) is 25.5 Å². The summed E-state index contributed by atoms with van der Waals surface area (Å²) in [5.41, 5.74) is 3.28. The molecule has 0 bridgehead atoms. The van der Waals surface area contributed by atoms with E-state index in [1.807, 2.05) is 37.3 Å². The topological polar surface area (TPSA) is 72.7 Å². The first-order valence-corrected chi connectivity index (χ1v) is 10.4. The normalized spacial score (nSPS) is 12.1. The highest BCUT2D eigenvalue weighted by Crippen LogP contribution is 2.19. The summed E-state index contributed by atoms with van der Waals surface area (Å²) in [7, 11) is 0. The number of benzene rings is 2. The lowest BCUT2D eigenvalue weighted by Crippen LogP contribution is -2.28. The summed E-state index contributed by atoms with van der Waals surface area (Å²) in [4.78, 5) is 12.4. The minimum Gasteiger partial charge on any atom is -0.349 e. The zero-order valence-electron chi connectivity index (χ0n) is 16.4. The molecule has 0 saturated carbocycles. The molecule has 0 aliphatic rings. The number of amides is 1. The summed E-state index contributed by atoms with van der Waals surface area (Å²) >= 11 is 1.32. The molecule has 1 aromatic heterocycles. The van der Waals surface area contributed by atoms with Gasteiger partial charge in [-0.25, -0.2) is 0 Å². The Labute approximate surface area is 169 Å². The molecule has 6 nitrogen and oxygen atoms in total. The Bertz CT molecular complexity index is 893. The van der Waals surface area contributed by atoms with Gasteiger partial charge in [-0.2, -0.15) is 4.68 Å². The Kier molecular flexibility index (Phi) is 6.81. The summed E-state index contributed by atoms with van der Waals surface area (Å²) in [6, 6.07) is 18.0. The number of nitrogens with zero attached hydrogens (tertiary/aromatic N) is 4. The Hall–Kier alpha value is -2.67. The van der Waals surface area contributed by atoms with Crippen molar-refractivity contribution in [2.75, 3.05) is 5.75 Å². The highest BCUT2D eigenvalue weighted by Gasteiger charge is 2.14. The minimum atomic E-state index is -0.0497. The lowest BCUT2D eigenvalue weighted by atomic mass is 10.00. The van der Waals surface area contributed by atoms with Crippen molar-refractivity contribution >= 4 is 17.7 Å². The van der Waals surface area contributed by atoms with Gasteiger partial charge in [-0.15, -0.1) is 5.10 Å². The number of tetrazole rings is 1. The van der Waals surface area contributed by atoms with E-state index in [2.05, 4.69) is 59.0 Å². The molecule has 0 aliphatic heterocycles. The molecule has 1 amide bonds. The Morgan fingerprint density at radius 1 is 1.07 bits per heavy atom. The van der Waals surface area contributed by atoms with Crippen LogP contribution in [0.25, 0.3) is 5.69 Å². The molecule has 1 N–H and O–H groups in total. The van der Waals surface area contributed by atoms with Crippen LogP contribution in [0.2, 0.25) is 0 Å². The molecule has 28 heavy (non-hydrogen) atoms. The fourth-order valence-electron chi connectivity index (χ4n) is 2.91. The van der Waals surface area contributed by atoms with Crippen LogP contribution in [0.5, 0.6) is 0 Å². The number of hydrogen-bond acceptors (Lipinski definition) is 5. The Morgan fingerprint density at radius 3 is 2.46 bits per heavy atom. The lowest BCUT2D eigenvalue weighted by molar-refractivity contribution is -0.119. The summed E-state index contributed by atoms with van der Waals surface area (Å²) in [6.45, 7) is 6.42. The first-order chi connectivity index (χ1) is 13.5. The van der Waals surface area contributed by atoms with Crippen molar-refractivity contribution in [3.05, 3.63) is 65.7 Å². The van der Waals surface area contributed by atoms with Crippen LogP contribution < -0.4 is 5.32 Å². The van der Waals surface area contributed by atoms with Crippen LogP contribution in [0.3, 0.4) is 0 Å². The van der Waals surface area contributed by atoms with E-state index in [0.29, 0.717) is 11.1 Å². The molecule has 1 heterocycles. The third kappa shape index (κ3) is 5.42. The van der Waals surface area contributed by atoms with Gasteiger partial charge < -0.3 is 5.32 Å². The SMILES string of the molecule is CC(C)Cc1ccc(C(C)NC(=O)CSc2nnnn2-c2ccccc2)cc1. The molecular formula is C21H25N5OS. The molecule has 2 aromatic carbocycles. The van der Waals surface area contributed by atoms with Gasteiger partial charge in [0.25, 0.3) is 0 Å². The molecule has 146 valence electrons. The van der Waals surface area contributed by atoms with Crippen molar-refractivity contribution in [3.8, 4) is 5.69 Å². The largest absolute Gasteiger partial charge is 0.349 e. The van der Waals surface area contributed by atoms with E-state index in [1.165, 1.54) is 17.3 Å². The maximum Gasteiger partial charge on any atom is 0.230 e. The van der Waals surface area contributed by atoms with E-state index in [9.17, 15) is 4.79 Å². The van der Waals surface area contributed by atoms with Gasteiger partial charge in [-0.3, -0.25) is 4.79 Å². The minimum absolute atomic E-state index is 0.0497. The van der Waals surface area contributed by atoms with Gasteiger partial charge in [-0.1, -0.05) is 68.1 Å². The second kappa shape index (κ2) is 9.50. The van der Waals surface area contributed by atoms with Gasteiger partial charge in [0.05, 0.1) is 17.5 Å². The third-order valence-electron chi connectivity index (χ3n) is 4.28. The first-order valence-electron chi connectivity index (χ1n) is 9.37. The molecule has 0 saturated heterocycles. The summed E-state index contributed by atoms with van der Waals surface area (Å²) in [5.74, 6) is 0.835. The predicted octanol–water partition coefficient (Wildman–Crippen LogP) is 3.83. The maximum atomic E-state index is 12.4. The predicted molar refractivity (Wildman–Crippen MR) is 111 cm³/mol. The maximum absolute atomic E-state index is 12.4. The van der Waals surface area contributed by atoms with Crippen LogP contribution in [-0.2, 0) is 11.2 Å². The monoisotopic (exact) mass is 395 g/mol. The number of aromatic nitrogens is 4. The van der Waals surface area contributed by atoms with Crippen LogP contribution in [-0.4, -0.2) is 31.9 Å². The fourth-order valence-corrected chi connectivity index (χ4v) is 3.61. The van der Waals surface area contributed by atoms with Crippen molar-refractivity contribution in [2.24, 2.45) is 5.92 Å². The summed E-state index contributed by atoms with van der Waals surface area (Å²) in [5, 5.41) is 15.4.